The van der Waals surface area contributed by atoms with Crippen molar-refractivity contribution in [3.8, 4) is 0 Å². The van der Waals surface area contributed by atoms with Crippen molar-refractivity contribution in [1.29, 1.82) is 0 Å². The molecule has 0 bridgehead atoms. The van der Waals surface area contributed by atoms with Crippen LogP contribution in [0.5, 0.6) is 0 Å². The third kappa shape index (κ3) is 25.6. The number of rotatable bonds is 23. The number of nitrogens with one attached hydrogen (secondary N) is 2. The molecule has 4 N–H and O–H groups in total. The molecule has 6 heteroatoms. The van der Waals surface area contributed by atoms with Crippen molar-refractivity contribution in [2.45, 2.75) is 129 Å². The van der Waals surface area contributed by atoms with Gasteiger partial charge in [-0.1, -0.05) is 92.2 Å². The summed E-state index contributed by atoms with van der Waals surface area (Å²) in [5.74, 6) is -0.220. The van der Waals surface area contributed by atoms with Crippen LogP contribution in [0.3, 0.4) is 0 Å². The molecule has 0 rings (SSSR count). The zero-order chi connectivity index (χ0) is 29.8. The van der Waals surface area contributed by atoms with Gasteiger partial charge in [0.1, 0.15) is 0 Å². The summed E-state index contributed by atoms with van der Waals surface area (Å²) in [7, 11) is 0. The number of aliphatic hydroxyl groups excluding tert-OH is 2. The molecule has 0 radical (unpaired) electrons. The molecule has 0 aromatic rings. The average molecular weight is 557 g/mol. The van der Waals surface area contributed by atoms with Crippen molar-refractivity contribution in [2.75, 3.05) is 0 Å². The predicted octanol–water partition coefficient (Wildman–Crippen LogP) is 6.78. The summed E-state index contributed by atoms with van der Waals surface area (Å²) >= 11 is 0. The maximum absolute atomic E-state index is 11.0. The van der Waals surface area contributed by atoms with Crippen LogP contribution in [0.2, 0.25) is 0 Å². The van der Waals surface area contributed by atoms with Crippen LogP contribution in [-0.4, -0.2) is 46.3 Å². The van der Waals surface area contributed by atoms with E-state index in [1.54, 1.807) is 6.92 Å². The highest BCUT2D eigenvalue weighted by molar-refractivity contribution is 5.73. The van der Waals surface area contributed by atoms with E-state index in [9.17, 15) is 19.8 Å². The molecule has 40 heavy (non-hydrogen) atoms. The molecule has 0 spiro atoms. The molecule has 226 valence electrons. The second kappa shape index (κ2) is 26.5. The molecule has 4 atom stereocenters. The lowest BCUT2D eigenvalue weighted by molar-refractivity contribution is -0.121. The third-order valence-electron chi connectivity index (χ3n) is 6.38. The minimum Gasteiger partial charge on any atom is -0.391 e. The van der Waals surface area contributed by atoms with Crippen LogP contribution >= 0.6 is 0 Å². The number of amides is 2. The van der Waals surface area contributed by atoms with E-state index in [1.165, 1.54) is 26.7 Å². The number of allylic oxidation sites excluding steroid dienone is 11. The number of carbonyl (C=O) groups excluding carboxylic acids is 2. The van der Waals surface area contributed by atoms with Crippen molar-refractivity contribution >= 4 is 11.8 Å². The molecule has 2 amide bonds. The van der Waals surface area contributed by atoms with Crippen molar-refractivity contribution in [3.63, 3.8) is 0 Å². The molecule has 0 aliphatic rings. The van der Waals surface area contributed by atoms with Crippen molar-refractivity contribution < 1.29 is 19.8 Å². The first-order chi connectivity index (χ1) is 19.2. The first-order valence-corrected chi connectivity index (χ1v) is 15.0. The van der Waals surface area contributed by atoms with Crippen LogP contribution in [0, 0.1) is 0 Å². The first-order valence-electron chi connectivity index (χ1n) is 15.0. The molecular formula is C34H56N2O4. The topological polar surface area (TPSA) is 98.7 Å². The fraction of sp³-hybridized carbons (Fsp3) is 0.588. The van der Waals surface area contributed by atoms with E-state index in [1.807, 2.05) is 19.1 Å². The van der Waals surface area contributed by atoms with Gasteiger partial charge in [-0.15, -0.1) is 0 Å². The molecular weight excluding hydrogens is 500 g/mol. The number of hydrogen-bond acceptors (Lipinski definition) is 4. The Balaban J connectivity index is 3.65. The molecule has 0 aliphatic carbocycles. The van der Waals surface area contributed by atoms with E-state index >= 15 is 0 Å². The molecule has 0 heterocycles. The standard InChI is InChI=1S/C34H56N2O4/c1-29(35-31(3)37)33(39)27-25-23-21-19-17-15-13-11-9-7-5-6-8-10-12-14-16-18-20-22-24-26-28-34(40)30(2)36-32(4)38/h5,7-8,10-11,13-14,16-17,19,23,25,29-30,33-34,39-40H,6,9,12,15,18,20-22,24,26-28H2,1-4H3,(H,35,37)(H,36,38)/b7-5-,10-8-,13-11-,16-14-,19-17-,25-23-/t29-,30-,33+,34+/m1/s1. The Hall–Kier alpha value is -2.70. The molecule has 0 aromatic carbocycles. The maximum Gasteiger partial charge on any atom is 0.217 e. The smallest absolute Gasteiger partial charge is 0.217 e. The second-order valence-electron chi connectivity index (χ2n) is 10.3. The molecule has 0 fully saturated rings. The largest absolute Gasteiger partial charge is 0.391 e. The Morgan fingerprint density at radius 1 is 0.550 bits per heavy atom. The van der Waals surface area contributed by atoms with Crippen LogP contribution in [0.4, 0.5) is 0 Å². The maximum atomic E-state index is 11.0. The summed E-state index contributed by atoms with van der Waals surface area (Å²) in [6.45, 7) is 6.58. The van der Waals surface area contributed by atoms with Crippen molar-refractivity contribution in [1.82, 2.24) is 10.6 Å². The highest BCUT2D eigenvalue weighted by Gasteiger charge is 2.14. The Morgan fingerprint density at radius 3 is 1.38 bits per heavy atom. The Kier molecular flexibility index (Phi) is 24.7. The van der Waals surface area contributed by atoms with Gasteiger partial charge in [0.25, 0.3) is 0 Å². The Morgan fingerprint density at radius 2 is 0.925 bits per heavy atom. The highest BCUT2D eigenvalue weighted by Crippen LogP contribution is 2.10. The van der Waals surface area contributed by atoms with Crippen LogP contribution in [0.1, 0.15) is 105 Å². The van der Waals surface area contributed by atoms with Gasteiger partial charge in [-0.2, -0.15) is 0 Å². The van der Waals surface area contributed by atoms with Gasteiger partial charge in [-0.25, -0.2) is 0 Å². The number of aliphatic hydroxyl groups is 2. The summed E-state index contributed by atoms with van der Waals surface area (Å²) in [5, 5.41) is 25.4. The second-order valence-corrected chi connectivity index (χ2v) is 10.3. The molecule has 0 saturated heterocycles. The summed E-state index contributed by atoms with van der Waals surface area (Å²) in [5.41, 5.74) is 0. The monoisotopic (exact) mass is 556 g/mol. The lowest BCUT2D eigenvalue weighted by atomic mass is 10.0. The Labute approximate surface area is 244 Å². The van der Waals surface area contributed by atoms with Gasteiger partial charge in [0.05, 0.1) is 24.3 Å². The summed E-state index contributed by atoms with van der Waals surface area (Å²) < 4.78 is 0. The van der Waals surface area contributed by atoms with Gasteiger partial charge in [-0.05, 0) is 71.6 Å². The van der Waals surface area contributed by atoms with Crippen LogP contribution in [0.15, 0.2) is 72.9 Å². The van der Waals surface area contributed by atoms with Crippen LogP contribution < -0.4 is 10.6 Å². The summed E-state index contributed by atoms with van der Waals surface area (Å²) in [6.07, 6.45) is 36.3. The normalized spacial score (nSPS) is 15.7. The van der Waals surface area contributed by atoms with Crippen LogP contribution in [-0.2, 0) is 9.59 Å². The number of carbonyl (C=O) groups is 2. The summed E-state index contributed by atoms with van der Waals surface area (Å²) in [4.78, 5) is 22.0. The lowest BCUT2D eigenvalue weighted by Gasteiger charge is -2.19. The zero-order valence-electron chi connectivity index (χ0n) is 25.4. The van der Waals surface area contributed by atoms with Gasteiger partial charge < -0.3 is 20.8 Å². The van der Waals surface area contributed by atoms with Gasteiger partial charge in [-0.3, -0.25) is 9.59 Å². The fourth-order valence-electron chi connectivity index (χ4n) is 3.97. The molecule has 0 aliphatic heterocycles. The lowest BCUT2D eigenvalue weighted by Crippen LogP contribution is -2.39. The van der Waals surface area contributed by atoms with E-state index in [-0.39, 0.29) is 23.9 Å². The molecule has 0 aromatic heterocycles. The van der Waals surface area contributed by atoms with Crippen molar-refractivity contribution in [2.24, 2.45) is 0 Å². The SMILES string of the molecule is CC(=O)N[C@H](C)[C@@H](O)C/C=C\C/C=C\C/C=C\C/C=C\C/C=C\C/C=C\CCCCCC[C@H](O)[C@@H](C)NC(C)=O. The van der Waals surface area contributed by atoms with Gasteiger partial charge in [0, 0.05) is 13.8 Å². The predicted molar refractivity (Wildman–Crippen MR) is 169 cm³/mol. The van der Waals surface area contributed by atoms with Crippen LogP contribution in [0.25, 0.3) is 0 Å². The van der Waals surface area contributed by atoms with E-state index in [0.717, 1.165) is 57.8 Å². The van der Waals surface area contributed by atoms with Gasteiger partial charge in [0.15, 0.2) is 0 Å². The quantitative estimate of drug-likeness (QED) is 0.0824. The van der Waals surface area contributed by atoms with Gasteiger partial charge in [0.2, 0.25) is 11.8 Å². The third-order valence-corrected chi connectivity index (χ3v) is 6.38. The molecule has 6 nitrogen and oxygen atoms in total. The van der Waals surface area contributed by atoms with Gasteiger partial charge >= 0.3 is 0 Å². The van der Waals surface area contributed by atoms with E-state index in [4.69, 9.17) is 0 Å². The minimum absolute atomic E-state index is 0.0953. The van der Waals surface area contributed by atoms with Crippen molar-refractivity contribution in [3.05, 3.63) is 72.9 Å². The number of hydrogen-bond donors (Lipinski definition) is 4. The molecule has 0 saturated carbocycles. The van der Waals surface area contributed by atoms with E-state index < -0.39 is 12.2 Å². The van der Waals surface area contributed by atoms with E-state index in [2.05, 4.69) is 71.4 Å². The average Bonchev–Trinajstić information content (AvgIpc) is 2.89. The fourth-order valence-corrected chi connectivity index (χ4v) is 3.97. The first kappa shape index (κ1) is 37.3. The zero-order valence-corrected chi connectivity index (χ0v) is 25.4. The Bertz CT molecular complexity index is 826. The highest BCUT2D eigenvalue weighted by atomic mass is 16.3. The minimum atomic E-state index is -0.564. The molecule has 0 unspecified atom stereocenters. The summed E-state index contributed by atoms with van der Waals surface area (Å²) in [6, 6.07) is -0.421. The number of unbranched alkanes of at least 4 members (excludes halogenated alkanes) is 4. The van der Waals surface area contributed by atoms with E-state index in [0.29, 0.717) is 6.42 Å².